The highest BCUT2D eigenvalue weighted by atomic mass is 35.5. The van der Waals surface area contributed by atoms with E-state index < -0.39 is 6.04 Å². The van der Waals surface area contributed by atoms with E-state index in [9.17, 15) is 4.79 Å². The molecule has 5 heteroatoms. The van der Waals surface area contributed by atoms with Gasteiger partial charge in [0.1, 0.15) is 6.04 Å². The van der Waals surface area contributed by atoms with Gasteiger partial charge in [0.15, 0.2) is 0 Å². The number of amides is 1. The summed E-state index contributed by atoms with van der Waals surface area (Å²) in [6, 6.07) is 3.64. The first-order valence-corrected chi connectivity index (χ1v) is 7.92. The second-order valence-electron chi connectivity index (χ2n) is 6.57. The van der Waals surface area contributed by atoms with Crippen molar-refractivity contribution in [2.45, 2.75) is 39.3 Å². The Balaban J connectivity index is 2.00. The maximum atomic E-state index is 11.7. The number of rotatable bonds is 1. The molecule has 0 bridgehead atoms. The van der Waals surface area contributed by atoms with Crippen LogP contribution in [0.4, 0.5) is 11.4 Å². The predicted molar refractivity (Wildman–Crippen MR) is 86.8 cm³/mol. The number of carbonyl (C=O) groups excluding carboxylic acids is 1. The van der Waals surface area contributed by atoms with Gasteiger partial charge in [-0.2, -0.15) is 0 Å². The summed E-state index contributed by atoms with van der Waals surface area (Å²) in [7, 11) is 0. The van der Waals surface area contributed by atoms with Crippen LogP contribution in [-0.4, -0.2) is 18.5 Å². The number of hydrogen-bond donors (Lipinski definition) is 2. The summed E-state index contributed by atoms with van der Waals surface area (Å²) >= 11 is 6.48. The Hall–Kier alpha value is -1.26. The molecule has 3 rings (SSSR count). The van der Waals surface area contributed by atoms with Gasteiger partial charge in [-0.1, -0.05) is 25.4 Å². The molecule has 1 saturated heterocycles. The Labute approximate surface area is 130 Å². The second kappa shape index (κ2) is 5.18. The molecule has 4 nitrogen and oxygen atoms in total. The van der Waals surface area contributed by atoms with Gasteiger partial charge in [-0.25, -0.2) is 0 Å². The van der Waals surface area contributed by atoms with Gasteiger partial charge in [-0.05, 0) is 37.3 Å². The number of nitrogens with two attached hydrogens (primary N) is 1. The van der Waals surface area contributed by atoms with Crippen LogP contribution in [0.2, 0.25) is 5.02 Å². The van der Waals surface area contributed by atoms with E-state index in [0.29, 0.717) is 22.9 Å². The lowest BCUT2D eigenvalue weighted by atomic mass is 9.85. The van der Waals surface area contributed by atoms with Crippen molar-refractivity contribution in [2.24, 2.45) is 17.6 Å². The number of nitrogens with zero attached hydrogens (tertiary/aromatic N) is 1. The fourth-order valence-corrected chi connectivity index (χ4v) is 3.83. The van der Waals surface area contributed by atoms with Crippen LogP contribution in [0.5, 0.6) is 0 Å². The Kier molecular flexibility index (Phi) is 3.62. The third kappa shape index (κ3) is 2.40. The number of halogens is 1. The summed E-state index contributed by atoms with van der Waals surface area (Å²) in [6.45, 7) is 7.79. The van der Waals surface area contributed by atoms with Crippen LogP contribution in [0, 0.1) is 11.8 Å². The minimum atomic E-state index is -0.608. The van der Waals surface area contributed by atoms with Crippen molar-refractivity contribution in [3.05, 3.63) is 22.7 Å². The molecule has 21 heavy (non-hydrogen) atoms. The standard InChI is InChI=1S/C16H22ClN3O/c1-8-4-9(2)10(3)20(7-8)14-6-13-11(5-12(14)17)15(18)16(21)19-13/h5-6,8-10,15H,4,7,18H2,1-3H3,(H,19,21). The number of hydrogen-bond acceptors (Lipinski definition) is 3. The van der Waals surface area contributed by atoms with Gasteiger partial charge in [-0.3, -0.25) is 4.79 Å². The zero-order valence-corrected chi connectivity index (χ0v) is 13.4. The first-order valence-electron chi connectivity index (χ1n) is 7.55. The minimum absolute atomic E-state index is 0.161. The first-order chi connectivity index (χ1) is 9.88. The van der Waals surface area contributed by atoms with Crippen LogP contribution < -0.4 is 16.0 Å². The van der Waals surface area contributed by atoms with E-state index in [1.165, 1.54) is 6.42 Å². The Morgan fingerprint density at radius 2 is 2.05 bits per heavy atom. The molecule has 1 aromatic rings. The second-order valence-corrected chi connectivity index (χ2v) is 6.98. The van der Waals surface area contributed by atoms with Gasteiger partial charge in [-0.15, -0.1) is 0 Å². The molecule has 0 spiro atoms. The van der Waals surface area contributed by atoms with Crippen molar-refractivity contribution >= 4 is 28.9 Å². The van der Waals surface area contributed by atoms with E-state index in [2.05, 4.69) is 31.0 Å². The van der Waals surface area contributed by atoms with Gasteiger partial charge < -0.3 is 16.0 Å². The summed E-state index contributed by atoms with van der Waals surface area (Å²) in [4.78, 5) is 14.1. The van der Waals surface area contributed by atoms with Gasteiger partial charge in [0.25, 0.3) is 0 Å². The van der Waals surface area contributed by atoms with Crippen LogP contribution in [0.25, 0.3) is 0 Å². The highest BCUT2D eigenvalue weighted by Gasteiger charge is 2.33. The van der Waals surface area contributed by atoms with Crippen LogP contribution in [0.15, 0.2) is 12.1 Å². The van der Waals surface area contributed by atoms with E-state index in [1.54, 1.807) is 0 Å². The molecule has 2 aliphatic heterocycles. The lowest BCUT2D eigenvalue weighted by Crippen LogP contribution is -2.46. The molecule has 114 valence electrons. The fourth-order valence-electron chi connectivity index (χ4n) is 3.55. The van der Waals surface area contributed by atoms with Crippen LogP contribution in [-0.2, 0) is 4.79 Å². The lowest BCUT2D eigenvalue weighted by Gasteiger charge is -2.43. The summed E-state index contributed by atoms with van der Waals surface area (Å²) < 4.78 is 0. The minimum Gasteiger partial charge on any atom is -0.367 e. The van der Waals surface area contributed by atoms with Crippen LogP contribution >= 0.6 is 11.6 Å². The molecule has 0 saturated carbocycles. The third-order valence-corrected chi connectivity index (χ3v) is 5.20. The van der Waals surface area contributed by atoms with Crippen molar-refractivity contribution < 1.29 is 4.79 Å². The summed E-state index contributed by atoms with van der Waals surface area (Å²) in [5.41, 5.74) is 8.46. The Morgan fingerprint density at radius 3 is 2.76 bits per heavy atom. The number of piperidine rings is 1. The quantitative estimate of drug-likeness (QED) is 0.838. The monoisotopic (exact) mass is 307 g/mol. The van der Waals surface area contributed by atoms with Gasteiger partial charge in [0, 0.05) is 23.8 Å². The molecular formula is C16H22ClN3O. The Morgan fingerprint density at radius 1 is 1.33 bits per heavy atom. The number of nitrogens with one attached hydrogen (secondary N) is 1. The number of carbonyl (C=O) groups is 1. The van der Waals surface area contributed by atoms with Crippen molar-refractivity contribution in [3.8, 4) is 0 Å². The van der Waals surface area contributed by atoms with E-state index in [1.807, 2.05) is 12.1 Å². The van der Waals surface area contributed by atoms with Crippen LogP contribution in [0.1, 0.15) is 38.8 Å². The van der Waals surface area contributed by atoms with E-state index >= 15 is 0 Å². The van der Waals surface area contributed by atoms with Gasteiger partial charge in [0.2, 0.25) is 5.91 Å². The summed E-state index contributed by atoms with van der Waals surface area (Å²) in [5, 5.41) is 3.52. The first kappa shape index (κ1) is 14.7. The van der Waals surface area contributed by atoms with E-state index in [-0.39, 0.29) is 5.91 Å². The van der Waals surface area contributed by atoms with Crippen molar-refractivity contribution in [2.75, 3.05) is 16.8 Å². The molecule has 4 unspecified atom stereocenters. The van der Waals surface area contributed by atoms with Crippen molar-refractivity contribution in [3.63, 3.8) is 0 Å². The summed E-state index contributed by atoms with van der Waals surface area (Å²) in [6.07, 6.45) is 1.24. The predicted octanol–water partition coefficient (Wildman–Crippen LogP) is 3.16. The third-order valence-electron chi connectivity index (χ3n) is 4.90. The average molecular weight is 308 g/mol. The Bertz CT molecular complexity index is 589. The molecular weight excluding hydrogens is 286 g/mol. The van der Waals surface area contributed by atoms with E-state index in [0.717, 1.165) is 23.5 Å². The molecule has 4 atom stereocenters. The molecule has 2 heterocycles. The average Bonchev–Trinajstić information content (AvgIpc) is 2.69. The highest BCUT2D eigenvalue weighted by Crippen LogP contribution is 2.41. The van der Waals surface area contributed by atoms with Gasteiger partial charge >= 0.3 is 0 Å². The molecule has 0 radical (unpaired) electrons. The zero-order chi connectivity index (χ0) is 15.3. The highest BCUT2D eigenvalue weighted by molar-refractivity contribution is 6.33. The smallest absolute Gasteiger partial charge is 0.245 e. The largest absolute Gasteiger partial charge is 0.367 e. The fraction of sp³-hybridized carbons (Fsp3) is 0.562. The maximum Gasteiger partial charge on any atom is 0.245 e. The maximum absolute atomic E-state index is 11.7. The molecule has 0 aromatic heterocycles. The van der Waals surface area contributed by atoms with Gasteiger partial charge in [0.05, 0.1) is 10.7 Å². The van der Waals surface area contributed by atoms with E-state index in [4.69, 9.17) is 17.3 Å². The normalized spacial score (nSPS) is 32.0. The van der Waals surface area contributed by atoms with Crippen LogP contribution in [0.3, 0.4) is 0 Å². The number of anilines is 2. The molecule has 1 amide bonds. The molecule has 2 aliphatic rings. The lowest BCUT2D eigenvalue weighted by molar-refractivity contribution is -0.116. The van der Waals surface area contributed by atoms with Crippen molar-refractivity contribution in [1.82, 2.24) is 0 Å². The molecule has 1 fully saturated rings. The van der Waals surface area contributed by atoms with Crippen molar-refractivity contribution in [1.29, 1.82) is 0 Å². The molecule has 0 aliphatic carbocycles. The summed E-state index contributed by atoms with van der Waals surface area (Å²) in [5.74, 6) is 1.10. The number of benzene rings is 1. The number of fused-ring (bicyclic) bond motifs is 1. The zero-order valence-electron chi connectivity index (χ0n) is 12.7. The SMILES string of the molecule is CC1CC(C)C(C)N(c2cc3c(cc2Cl)C(N)C(=O)N3)C1. The topological polar surface area (TPSA) is 58.4 Å². The molecule has 1 aromatic carbocycles. The molecule has 3 N–H and O–H groups in total.